The number of ether oxygens (including phenoxy) is 4. The van der Waals surface area contributed by atoms with Gasteiger partial charge in [-0.25, -0.2) is 19.2 Å². The smallest absolute Gasteiger partial charge is 0.331 e. The Morgan fingerprint density at radius 1 is 0.458 bits per heavy atom. The topological polar surface area (TPSA) is 105 Å². The molecule has 0 saturated heterocycles. The van der Waals surface area contributed by atoms with Crippen LogP contribution in [-0.2, 0) is 38.1 Å². The van der Waals surface area contributed by atoms with Gasteiger partial charge in [-0.2, -0.15) is 0 Å². The lowest BCUT2D eigenvalue weighted by atomic mass is 10.4. The maximum absolute atomic E-state index is 11.3. The van der Waals surface area contributed by atoms with Crippen LogP contribution in [0.1, 0.15) is 0 Å². The lowest BCUT2D eigenvalue weighted by Crippen LogP contribution is -2.06. The van der Waals surface area contributed by atoms with Crippen LogP contribution in [0.15, 0.2) is 48.6 Å². The lowest BCUT2D eigenvalue weighted by molar-refractivity contribution is -0.139. The third-order valence-electron chi connectivity index (χ3n) is 2.33. The maximum atomic E-state index is 11.3. The Kier molecular flexibility index (Phi) is 8.98. The molecule has 0 atom stereocenters. The highest BCUT2D eigenvalue weighted by atomic mass is 16.5. The van der Waals surface area contributed by atoms with Crippen LogP contribution >= 0.6 is 0 Å². The van der Waals surface area contributed by atoms with E-state index in [-0.39, 0.29) is 26.4 Å². The first-order valence-electron chi connectivity index (χ1n) is 6.91. The Balaban J connectivity index is 2.60. The molecule has 0 amide bonds. The zero-order valence-corrected chi connectivity index (χ0v) is 12.7. The molecule has 0 aromatic carbocycles. The summed E-state index contributed by atoms with van der Waals surface area (Å²) in [6.45, 7) is -0.220. The standard InChI is InChI=1S/C16H16O8/c17-13-5-6-15(19)23-11-3-4-12-24-16(20)8-7-14(18)22-10-2-1-9-21-13/h1-8H,9-12H2/b2-1+,4-3+,6-5-,8-7-. The Bertz CT molecular complexity index is 483. The van der Waals surface area contributed by atoms with Gasteiger partial charge in [0.05, 0.1) is 0 Å². The molecule has 8 nitrogen and oxygen atoms in total. The van der Waals surface area contributed by atoms with Gasteiger partial charge in [-0.05, 0) is 24.3 Å². The SMILES string of the molecule is O=C1/C=C\C(=O)OC/C=C/COC(=O)/C=C\C(=O)OC/C=C/CO1. The highest BCUT2D eigenvalue weighted by molar-refractivity contribution is 5.92. The maximum Gasteiger partial charge on any atom is 0.331 e. The minimum Gasteiger partial charge on any atom is -0.458 e. The highest BCUT2D eigenvalue weighted by Crippen LogP contribution is 1.91. The molecular formula is C16H16O8. The summed E-state index contributed by atoms with van der Waals surface area (Å²) in [4.78, 5) is 45.1. The Hall–Kier alpha value is -3.16. The molecule has 0 aliphatic carbocycles. The number of esters is 4. The fraction of sp³-hybridized carbons (Fsp3) is 0.250. The summed E-state index contributed by atoms with van der Waals surface area (Å²) in [6, 6.07) is 0. The summed E-state index contributed by atoms with van der Waals surface area (Å²) < 4.78 is 19.1. The van der Waals surface area contributed by atoms with E-state index in [2.05, 4.69) is 0 Å². The molecule has 8 heteroatoms. The van der Waals surface area contributed by atoms with Crippen molar-refractivity contribution in [3.8, 4) is 0 Å². The van der Waals surface area contributed by atoms with Gasteiger partial charge in [-0.3, -0.25) is 0 Å². The second kappa shape index (κ2) is 11.4. The summed E-state index contributed by atoms with van der Waals surface area (Å²) in [5.41, 5.74) is 0. The number of carbonyl (C=O) groups is 4. The summed E-state index contributed by atoms with van der Waals surface area (Å²) in [7, 11) is 0. The minimum absolute atomic E-state index is 0.0549. The van der Waals surface area contributed by atoms with E-state index in [0.717, 1.165) is 24.3 Å². The molecule has 0 N–H and O–H groups in total. The van der Waals surface area contributed by atoms with E-state index in [1.54, 1.807) is 0 Å². The van der Waals surface area contributed by atoms with Crippen molar-refractivity contribution in [2.24, 2.45) is 0 Å². The van der Waals surface area contributed by atoms with Gasteiger partial charge in [0.2, 0.25) is 0 Å². The van der Waals surface area contributed by atoms with Crippen LogP contribution in [0.2, 0.25) is 0 Å². The summed E-state index contributed by atoms with van der Waals surface area (Å²) >= 11 is 0. The van der Waals surface area contributed by atoms with E-state index in [4.69, 9.17) is 18.9 Å². The second-order valence-corrected chi connectivity index (χ2v) is 4.13. The average Bonchev–Trinajstić information content (AvgIpc) is 2.56. The van der Waals surface area contributed by atoms with Gasteiger partial charge < -0.3 is 18.9 Å². The monoisotopic (exact) mass is 336 g/mol. The van der Waals surface area contributed by atoms with E-state index in [1.165, 1.54) is 24.3 Å². The Labute approximate surface area is 138 Å². The number of cyclic esters (lactones) is 4. The molecule has 1 rings (SSSR count). The van der Waals surface area contributed by atoms with Crippen LogP contribution in [0.25, 0.3) is 0 Å². The average molecular weight is 336 g/mol. The van der Waals surface area contributed by atoms with Gasteiger partial charge in [0.15, 0.2) is 0 Å². The van der Waals surface area contributed by atoms with Gasteiger partial charge in [0, 0.05) is 24.3 Å². The number of carbonyl (C=O) groups excluding carboxylic acids is 4. The van der Waals surface area contributed by atoms with Crippen LogP contribution < -0.4 is 0 Å². The van der Waals surface area contributed by atoms with Crippen molar-refractivity contribution in [1.29, 1.82) is 0 Å². The lowest BCUT2D eigenvalue weighted by Gasteiger charge is -2.00. The van der Waals surface area contributed by atoms with Crippen molar-refractivity contribution >= 4 is 23.9 Å². The van der Waals surface area contributed by atoms with E-state index < -0.39 is 23.9 Å². The van der Waals surface area contributed by atoms with Gasteiger partial charge in [0.25, 0.3) is 0 Å². The van der Waals surface area contributed by atoms with Gasteiger partial charge in [-0.1, -0.05) is 0 Å². The fourth-order valence-electron chi connectivity index (χ4n) is 1.26. The molecule has 0 fully saturated rings. The minimum atomic E-state index is -0.714. The number of hydrogen-bond acceptors (Lipinski definition) is 8. The molecule has 128 valence electrons. The normalized spacial score (nSPS) is 23.7. The molecule has 0 bridgehead atoms. The van der Waals surface area contributed by atoms with Crippen LogP contribution in [-0.4, -0.2) is 50.3 Å². The van der Waals surface area contributed by atoms with Gasteiger partial charge in [-0.15, -0.1) is 0 Å². The molecule has 0 saturated carbocycles. The molecule has 1 aliphatic rings. The van der Waals surface area contributed by atoms with E-state index in [0.29, 0.717) is 0 Å². The first-order chi connectivity index (χ1) is 11.6. The zero-order chi connectivity index (χ0) is 17.6. The molecule has 0 aromatic rings. The van der Waals surface area contributed by atoms with E-state index in [1.807, 2.05) is 0 Å². The van der Waals surface area contributed by atoms with Crippen molar-refractivity contribution in [2.75, 3.05) is 26.4 Å². The van der Waals surface area contributed by atoms with Crippen LogP contribution in [0.4, 0.5) is 0 Å². The summed E-state index contributed by atoms with van der Waals surface area (Å²) in [5, 5.41) is 0. The first kappa shape index (κ1) is 18.9. The molecule has 1 heterocycles. The molecular weight excluding hydrogens is 320 g/mol. The molecule has 0 radical (unpaired) electrons. The summed E-state index contributed by atoms with van der Waals surface area (Å²) in [6.07, 6.45) is 9.57. The molecule has 1 aliphatic heterocycles. The highest BCUT2D eigenvalue weighted by Gasteiger charge is 2.01. The van der Waals surface area contributed by atoms with Gasteiger partial charge in [0.1, 0.15) is 26.4 Å². The molecule has 24 heavy (non-hydrogen) atoms. The van der Waals surface area contributed by atoms with Crippen LogP contribution in [0, 0.1) is 0 Å². The van der Waals surface area contributed by atoms with E-state index in [9.17, 15) is 19.2 Å². The third-order valence-corrected chi connectivity index (χ3v) is 2.33. The molecule has 0 unspecified atom stereocenters. The van der Waals surface area contributed by atoms with Crippen molar-refractivity contribution in [1.82, 2.24) is 0 Å². The Morgan fingerprint density at radius 2 is 0.667 bits per heavy atom. The number of rotatable bonds is 0. The first-order valence-corrected chi connectivity index (χ1v) is 6.91. The van der Waals surface area contributed by atoms with Crippen molar-refractivity contribution in [3.63, 3.8) is 0 Å². The van der Waals surface area contributed by atoms with Crippen LogP contribution in [0.3, 0.4) is 0 Å². The molecule has 0 aromatic heterocycles. The van der Waals surface area contributed by atoms with Gasteiger partial charge >= 0.3 is 23.9 Å². The quantitative estimate of drug-likeness (QED) is 0.355. The van der Waals surface area contributed by atoms with Crippen LogP contribution in [0.5, 0.6) is 0 Å². The van der Waals surface area contributed by atoms with Crippen molar-refractivity contribution < 1.29 is 38.1 Å². The second-order valence-electron chi connectivity index (χ2n) is 4.13. The predicted molar refractivity (Wildman–Crippen MR) is 80.4 cm³/mol. The summed E-state index contributed by atoms with van der Waals surface area (Å²) in [5.74, 6) is -2.86. The predicted octanol–water partition coefficient (Wildman–Crippen LogP) is 0.398. The largest absolute Gasteiger partial charge is 0.458 e. The molecule has 0 spiro atoms. The van der Waals surface area contributed by atoms with Crippen molar-refractivity contribution in [3.05, 3.63) is 48.6 Å². The third kappa shape index (κ3) is 9.72. The zero-order valence-electron chi connectivity index (χ0n) is 12.7. The Morgan fingerprint density at radius 3 is 0.875 bits per heavy atom. The fourth-order valence-corrected chi connectivity index (χ4v) is 1.26. The van der Waals surface area contributed by atoms with E-state index >= 15 is 0 Å². The van der Waals surface area contributed by atoms with Crippen molar-refractivity contribution in [2.45, 2.75) is 0 Å². The number of hydrogen-bond donors (Lipinski definition) is 0.